The first kappa shape index (κ1) is 13.0. The molecule has 0 saturated carbocycles. The molecule has 3 N–H and O–H groups in total. The fraction of sp³-hybridized carbons (Fsp3) is 0.154. The summed E-state index contributed by atoms with van der Waals surface area (Å²) in [6.45, 7) is 1.60. The molecule has 1 heterocycles. The van der Waals surface area contributed by atoms with Crippen LogP contribution in [0.5, 0.6) is 0 Å². The zero-order valence-corrected chi connectivity index (χ0v) is 10.3. The van der Waals surface area contributed by atoms with Gasteiger partial charge in [-0.05, 0) is 19.1 Å². The predicted octanol–water partition coefficient (Wildman–Crippen LogP) is 1.59. The number of carbonyl (C=O) groups excluding carboxylic acids is 2. The molecule has 1 amide bonds. The molecule has 1 aromatic heterocycles. The van der Waals surface area contributed by atoms with Gasteiger partial charge in [0.2, 0.25) is 11.7 Å². The zero-order chi connectivity index (χ0) is 13.8. The topological polar surface area (TPSA) is 98.2 Å². The van der Waals surface area contributed by atoms with Gasteiger partial charge in [-0.25, -0.2) is 4.98 Å². The molecule has 2 aromatic rings. The number of nitrogens with one attached hydrogen (secondary N) is 1. The maximum Gasteiger partial charge on any atom is 0.293 e. The van der Waals surface area contributed by atoms with E-state index in [4.69, 9.17) is 10.2 Å². The predicted molar refractivity (Wildman–Crippen MR) is 68.8 cm³/mol. The Morgan fingerprint density at radius 1 is 1.42 bits per heavy atom. The van der Waals surface area contributed by atoms with Gasteiger partial charge >= 0.3 is 0 Å². The van der Waals surface area contributed by atoms with Crippen molar-refractivity contribution in [1.82, 2.24) is 4.98 Å². The van der Waals surface area contributed by atoms with Crippen LogP contribution in [0.4, 0.5) is 5.69 Å². The fourth-order valence-electron chi connectivity index (χ4n) is 1.52. The van der Waals surface area contributed by atoms with E-state index >= 15 is 0 Å². The Morgan fingerprint density at radius 2 is 2.21 bits per heavy atom. The second-order valence-electron chi connectivity index (χ2n) is 3.91. The maximum atomic E-state index is 11.9. The molecule has 0 fully saturated rings. The standard InChI is InChI=1S/C13H13N3O3/c1-8(17)9-3-2-4-10(5-9)16-13(18)11-7-15-12(6-14)19-11/h2-5,7H,6,14H2,1H3,(H,16,18). The van der Waals surface area contributed by atoms with Gasteiger partial charge in [0.25, 0.3) is 5.91 Å². The first-order chi connectivity index (χ1) is 9.10. The molecule has 0 aliphatic heterocycles. The van der Waals surface area contributed by atoms with Crippen molar-refractivity contribution in [2.24, 2.45) is 5.73 Å². The number of carbonyl (C=O) groups is 2. The molecule has 0 spiro atoms. The number of benzene rings is 1. The third-order valence-electron chi connectivity index (χ3n) is 2.48. The van der Waals surface area contributed by atoms with Crippen LogP contribution >= 0.6 is 0 Å². The zero-order valence-electron chi connectivity index (χ0n) is 10.3. The highest BCUT2D eigenvalue weighted by atomic mass is 16.4. The first-order valence-corrected chi connectivity index (χ1v) is 5.67. The van der Waals surface area contributed by atoms with Crippen LogP contribution in [-0.2, 0) is 6.54 Å². The van der Waals surface area contributed by atoms with Crippen molar-refractivity contribution in [2.75, 3.05) is 5.32 Å². The molecule has 19 heavy (non-hydrogen) atoms. The van der Waals surface area contributed by atoms with Crippen molar-refractivity contribution in [1.29, 1.82) is 0 Å². The van der Waals surface area contributed by atoms with Crippen LogP contribution in [0.1, 0.15) is 33.7 Å². The van der Waals surface area contributed by atoms with Crippen molar-refractivity contribution in [3.05, 3.63) is 47.7 Å². The molecule has 2 rings (SSSR count). The van der Waals surface area contributed by atoms with Gasteiger partial charge in [0.1, 0.15) is 0 Å². The quantitative estimate of drug-likeness (QED) is 0.812. The van der Waals surface area contributed by atoms with Gasteiger partial charge in [0, 0.05) is 11.3 Å². The summed E-state index contributed by atoms with van der Waals surface area (Å²) in [5.41, 5.74) is 6.39. The van der Waals surface area contributed by atoms with Crippen molar-refractivity contribution in [3.63, 3.8) is 0 Å². The molecule has 98 valence electrons. The lowest BCUT2D eigenvalue weighted by Gasteiger charge is -2.04. The summed E-state index contributed by atoms with van der Waals surface area (Å²) < 4.78 is 5.13. The van der Waals surface area contributed by atoms with Gasteiger partial charge in [-0.3, -0.25) is 9.59 Å². The lowest BCUT2D eigenvalue weighted by molar-refractivity contribution is 0.0990. The van der Waals surface area contributed by atoms with Gasteiger partial charge in [-0.2, -0.15) is 0 Å². The highest BCUT2D eigenvalue weighted by molar-refractivity contribution is 6.03. The van der Waals surface area contributed by atoms with Gasteiger partial charge in [-0.1, -0.05) is 12.1 Å². The molecule has 0 atom stereocenters. The number of amides is 1. The third kappa shape index (κ3) is 3.05. The molecule has 0 unspecified atom stereocenters. The van der Waals surface area contributed by atoms with Crippen LogP contribution in [0.25, 0.3) is 0 Å². The number of hydrogen-bond acceptors (Lipinski definition) is 5. The highest BCUT2D eigenvalue weighted by Gasteiger charge is 2.12. The third-order valence-corrected chi connectivity index (χ3v) is 2.48. The number of rotatable bonds is 4. The average molecular weight is 259 g/mol. The van der Waals surface area contributed by atoms with E-state index in [1.54, 1.807) is 24.3 Å². The number of oxazole rings is 1. The van der Waals surface area contributed by atoms with Crippen molar-refractivity contribution >= 4 is 17.4 Å². The molecule has 0 aliphatic rings. The van der Waals surface area contributed by atoms with Crippen LogP contribution in [0.15, 0.2) is 34.9 Å². The normalized spacial score (nSPS) is 10.2. The number of aromatic nitrogens is 1. The van der Waals surface area contributed by atoms with E-state index in [1.807, 2.05) is 0 Å². The Bertz CT molecular complexity index is 619. The van der Waals surface area contributed by atoms with Crippen LogP contribution in [0, 0.1) is 0 Å². The van der Waals surface area contributed by atoms with Gasteiger partial charge in [-0.15, -0.1) is 0 Å². The minimum absolute atomic E-state index is 0.0683. The van der Waals surface area contributed by atoms with E-state index in [1.165, 1.54) is 13.1 Å². The summed E-state index contributed by atoms with van der Waals surface area (Å²) >= 11 is 0. The summed E-state index contributed by atoms with van der Waals surface area (Å²) in [4.78, 5) is 26.9. The maximum absolute atomic E-state index is 11.9. The highest BCUT2D eigenvalue weighted by Crippen LogP contribution is 2.13. The molecular formula is C13H13N3O3. The van der Waals surface area contributed by atoms with Gasteiger partial charge < -0.3 is 15.5 Å². The number of nitrogens with zero attached hydrogens (tertiary/aromatic N) is 1. The van der Waals surface area contributed by atoms with E-state index in [0.29, 0.717) is 17.1 Å². The van der Waals surface area contributed by atoms with Crippen molar-refractivity contribution in [2.45, 2.75) is 13.5 Å². The number of anilines is 1. The SMILES string of the molecule is CC(=O)c1cccc(NC(=O)c2cnc(CN)o2)c1. The lowest BCUT2D eigenvalue weighted by Crippen LogP contribution is -2.11. The molecule has 0 bridgehead atoms. The van der Waals surface area contributed by atoms with E-state index in [2.05, 4.69) is 10.3 Å². The second-order valence-corrected chi connectivity index (χ2v) is 3.91. The van der Waals surface area contributed by atoms with Crippen LogP contribution in [0.3, 0.4) is 0 Å². The number of nitrogens with two attached hydrogens (primary N) is 1. The van der Waals surface area contributed by atoms with Crippen LogP contribution < -0.4 is 11.1 Å². The molecule has 6 heteroatoms. The van der Waals surface area contributed by atoms with E-state index < -0.39 is 5.91 Å². The fourth-order valence-corrected chi connectivity index (χ4v) is 1.52. The van der Waals surface area contributed by atoms with Crippen LogP contribution in [0.2, 0.25) is 0 Å². The Balaban J connectivity index is 2.14. The average Bonchev–Trinajstić information content (AvgIpc) is 2.88. The largest absolute Gasteiger partial charge is 0.434 e. The number of hydrogen-bond donors (Lipinski definition) is 2. The lowest BCUT2D eigenvalue weighted by atomic mass is 10.1. The Labute approximate surface area is 109 Å². The molecule has 0 aliphatic carbocycles. The first-order valence-electron chi connectivity index (χ1n) is 5.67. The van der Waals surface area contributed by atoms with E-state index in [9.17, 15) is 9.59 Å². The Hall–Kier alpha value is -2.47. The number of Topliss-reactive ketones (excluding diaryl/α,β-unsaturated/α-hetero) is 1. The second kappa shape index (κ2) is 5.45. The minimum atomic E-state index is -0.437. The number of ketones is 1. The molecule has 6 nitrogen and oxygen atoms in total. The minimum Gasteiger partial charge on any atom is -0.434 e. The molecule has 0 radical (unpaired) electrons. The van der Waals surface area contributed by atoms with Gasteiger partial charge in [0.15, 0.2) is 5.78 Å². The van der Waals surface area contributed by atoms with Crippen LogP contribution in [-0.4, -0.2) is 16.7 Å². The molecule has 0 saturated heterocycles. The van der Waals surface area contributed by atoms with Crippen molar-refractivity contribution in [3.8, 4) is 0 Å². The molecule has 1 aromatic carbocycles. The van der Waals surface area contributed by atoms with E-state index in [0.717, 1.165) is 0 Å². The Kier molecular flexibility index (Phi) is 3.72. The van der Waals surface area contributed by atoms with Gasteiger partial charge in [0.05, 0.1) is 12.7 Å². The van der Waals surface area contributed by atoms with E-state index in [-0.39, 0.29) is 18.1 Å². The summed E-state index contributed by atoms with van der Waals surface area (Å²) in [5.74, 6) is -0.134. The smallest absolute Gasteiger partial charge is 0.293 e. The molecular weight excluding hydrogens is 246 g/mol. The summed E-state index contributed by atoms with van der Waals surface area (Å²) in [5, 5.41) is 2.63. The summed E-state index contributed by atoms with van der Waals surface area (Å²) in [7, 11) is 0. The monoisotopic (exact) mass is 259 g/mol. The summed E-state index contributed by atoms with van der Waals surface area (Å²) in [6.07, 6.45) is 1.31. The summed E-state index contributed by atoms with van der Waals surface area (Å²) in [6, 6.07) is 6.65. The Morgan fingerprint density at radius 3 is 2.84 bits per heavy atom. The van der Waals surface area contributed by atoms with Crippen molar-refractivity contribution < 1.29 is 14.0 Å².